The molecule has 0 spiro atoms. The Hall–Kier alpha value is -6.03. The van der Waals surface area contributed by atoms with Gasteiger partial charge >= 0.3 is 21.1 Å². The molecule has 9 rings (SSSR count). The van der Waals surface area contributed by atoms with E-state index in [2.05, 4.69) is 163 Å². The van der Waals surface area contributed by atoms with Crippen LogP contribution in [0.1, 0.15) is 33.5 Å². The average molecular weight is 866 g/mol. The van der Waals surface area contributed by atoms with Gasteiger partial charge in [-0.15, -0.1) is 41.5 Å². The van der Waals surface area contributed by atoms with Gasteiger partial charge < -0.3 is 9.64 Å². The predicted octanol–water partition coefficient (Wildman–Crippen LogP) is 11.1. The van der Waals surface area contributed by atoms with Gasteiger partial charge in [-0.1, -0.05) is 78.9 Å². The monoisotopic (exact) mass is 865 g/mol. The number of fused-ring (bicyclic) bond motifs is 2. The van der Waals surface area contributed by atoms with E-state index in [0.717, 1.165) is 50.7 Å². The van der Waals surface area contributed by atoms with E-state index in [-0.39, 0.29) is 21.1 Å². The van der Waals surface area contributed by atoms with E-state index in [0.29, 0.717) is 11.5 Å². The smallest absolute Gasteiger partial charge is 0.509 e. The fourth-order valence-electron chi connectivity index (χ4n) is 7.77. The molecule has 0 amide bonds. The van der Waals surface area contributed by atoms with Crippen LogP contribution in [0.3, 0.4) is 0 Å². The minimum Gasteiger partial charge on any atom is -0.509 e. The molecular weight excluding hydrogens is 832 g/mol. The number of ether oxygens (including phenoxy) is 1. The summed E-state index contributed by atoms with van der Waals surface area (Å²) >= 11 is 0. The van der Waals surface area contributed by atoms with Crippen molar-refractivity contribution in [2.75, 3.05) is 4.90 Å². The Morgan fingerprint density at radius 1 is 0.604 bits per heavy atom. The molecule has 8 aromatic rings. The zero-order chi connectivity index (χ0) is 35.1. The number of nitrogens with zero attached hydrogens (tertiary/aromatic N) is 4. The number of para-hydroxylation sites is 3. The van der Waals surface area contributed by atoms with Crippen LogP contribution in [0.4, 0.5) is 17.1 Å². The number of hydrogen-bond acceptors (Lipinski definition) is 4. The maximum Gasteiger partial charge on any atom is 2.00 e. The molecule has 0 bridgehead atoms. The van der Waals surface area contributed by atoms with E-state index in [9.17, 15) is 0 Å². The van der Waals surface area contributed by atoms with Crippen LogP contribution >= 0.6 is 0 Å². The van der Waals surface area contributed by atoms with Crippen LogP contribution in [0.15, 0.2) is 170 Å². The van der Waals surface area contributed by atoms with Crippen molar-refractivity contribution in [3.63, 3.8) is 0 Å². The van der Waals surface area contributed by atoms with Crippen LogP contribution in [0.2, 0.25) is 0 Å². The van der Waals surface area contributed by atoms with Crippen molar-refractivity contribution in [3.8, 4) is 28.3 Å². The Balaban J connectivity index is 0.00000400. The first-order valence-corrected chi connectivity index (χ1v) is 17.4. The average Bonchev–Trinajstić information content (AvgIpc) is 3.73. The number of benzene rings is 6. The molecule has 0 fully saturated rings. The molecule has 5 nitrogen and oxygen atoms in total. The Morgan fingerprint density at radius 3 is 1.96 bits per heavy atom. The Morgan fingerprint density at radius 2 is 1.28 bits per heavy atom. The number of pyridine rings is 1. The van der Waals surface area contributed by atoms with Crippen LogP contribution in [0.25, 0.3) is 16.8 Å². The van der Waals surface area contributed by atoms with Gasteiger partial charge in [0.1, 0.15) is 0 Å². The van der Waals surface area contributed by atoms with Crippen LogP contribution in [0, 0.1) is 26.0 Å². The molecule has 3 heterocycles. The largest absolute Gasteiger partial charge is 2.00 e. The Labute approximate surface area is 324 Å². The third-order valence-corrected chi connectivity index (χ3v) is 9.90. The molecule has 0 aliphatic carbocycles. The normalized spacial score (nSPS) is 12.7. The van der Waals surface area contributed by atoms with Crippen molar-refractivity contribution in [2.24, 2.45) is 0 Å². The molecule has 2 aromatic heterocycles. The van der Waals surface area contributed by atoms with Gasteiger partial charge in [-0.05, 0) is 89.8 Å². The van der Waals surface area contributed by atoms with Crippen molar-refractivity contribution in [2.45, 2.75) is 19.3 Å². The molecule has 1 aliphatic heterocycles. The van der Waals surface area contributed by atoms with Crippen molar-refractivity contribution in [1.29, 1.82) is 0 Å². The first kappa shape index (κ1) is 34.1. The van der Waals surface area contributed by atoms with Gasteiger partial charge in [0.05, 0.1) is 22.5 Å². The first-order chi connectivity index (χ1) is 25.6. The van der Waals surface area contributed by atoms with Crippen molar-refractivity contribution in [1.82, 2.24) is 14.8 Å². The van der Waals surface area contributed by atoms with Gasteiger partial charge in [-0.25, -0.2) is 0 Å². The summed E-state index contributed by atoms with van der Waals surface area (Å²) in [5, 5.41) is 4.51. The summed E-state index contributed by atoms with van der Waals surface area (Å²) in [6.45, 7) is 4.28. The molecule has 0 N–H and O–H groups in total. The minimum atomic E-state index is -0.802. The predicted molar refractivity (Wildman–Crippen MR) is 207 cm³/mol. The van der Waals surface area contributed by atoms with Crippen LogP contribution in [-0.2, 0) is 26.5 Å². The van der Waals surface area contributed by atoms with E-state index < -0.39 is 5.41 Å². The van der Waals surface area contributed by atoms with Gasteiger partial charge in [0.25, 0.3) is 0 Å². The number of aromatic nitrogens is 3. The van der Waals surface area contributed by atoms with Crippen molar-refractivity contribution < 1.29 is 25.8 Å². The molecule has 0 unspecified atom stereocenters. The summed E-state index contributed by atoms with van der Waals surface area (Å²) in [6, 6.07) is 59.7. The summed E-state index contributed by atoms with van der Waals surface area (Å²) < 4.78 is 8.57. The molecule has 0 atom stereocenters. The van der Waals surface area contributed by atoms with Crippen LogP contribution < -0.4 is 9.64 Å². The van der Waals surface area contributed by atoms with Gasteiger partial charge in [0, 0.05) is 35.8 Å². The van der Waals surface area contributed by atoms with Gasteiger partial charge in [-0.2, -0.15) is 17.2 Å². The molecule has 258 valence electrons. The Kier molecular flexibility index (Phi) is 9.12. The SMILES string of the molecule is Cc1cccc(C)c1-c1cc(Oc2[c-]c(C3(c4ccccn4)c4ccccc4N(c4ccccc4)c4ccccc43)ccc2)[c-]c(-n2cccn2)c1.[Pt+2]. The number of hydrogen-bond donors (Lipinski definition) is 0. The quantitative estimate of drug-likeness (QED) is 0.150. The van der Waals surface area contributed by atoms with E-state index in [4.69, 9.17) is 9.72 Å². The molecule has 53 heavy (non-hydrogen) atoms. The van der Waals surface area contributed by atoms with E-state index in [1.807, 2.05) is 41.3 Å². The second kappa shape index (κ2) is 14.2. The summed E-state index contributed by atoms with van der Waals surface area (Å²) in [7, 11) is 0. The number of rotatable bonds is 7. The van der Waals surface area contributed by atoms with Gasteiger partial charge in [0.15, 0.2) is 0 Å². The second-order valence-electron chi connectivity index (χ2n) is 13.0. The van der Waals surface area contributed by atoms with Gasteiger partial charge in [-0.3, -0.25) is 9.67 Å². The number of aryl methyl sites for hydroxylation is 2. The third kappa shape index (κ3) is 5.88. The summed E-state index contributed by atoms with van der Waals surface area (Å²) in [6.07, 6.45) is 5.56. The molecule has 6 heteroatoms. The van der Waals surface area contributed by atoms with E-state index >= 15 is 0 Å². The Bertz CT molecular complexity index is 2470. The standard InChI is InChI=1S/C47H34N4O.Pt/c1-33-15-12-16-34(2)46(33)35-29-38(50-28-14-27-49-50)32-40(30-35)52-39-20-13-17-36(31-39)47(45-25-10-11-26-48-45)41-21-6-8-23-43(41)51(37-18-4-3-5-19-37)44-24-9-7-22-42(44)47;/h3-30H,1-2H3;/q-2;+2. The number of anilines is 3. The fraction of sp³-hybridized carbons (Fsp3) is 0.0638. The molecule has 1 aliphatic rings. The third-order valence-electron chi connectivity index (χ3n) is 9.90. The zero-order valence-electron chi connectivity index (χ0n) is 29.2. The maximum atomic E-state index is 6.75. The summed E-state index contributed by atoms with van der Waals surface area (Å²) in [4.78, 5) is 7.41. The molecule has 0 saturated heterocycles. The molecule has 0 saturated carbocycles. The van der Waals surface area contributed by atoms with Crippen LogP contribution in [-0.4, -0.2) is 14.8 Å². The first-order valence-electron chi connectivity index (χ1n) is 17.4. The summed E-state index contributed by atoms with van der Waals surface area (Å²) in [5.74, 6) is 1.15. The van der Waals surface area contributed by atoms with Gasteiger partial charge in [0.2, 0.25) is 0 Å². The molecular formula is C47H34N4OPt. The fourth-order valence-corrected chi connectivity index (χ4v) is 7.77. The van der Waals surface area contributed by atoms with E-state index in [1.165, 1.54) is 16.7 Å². The molecule has 6 aromatic carbocycles. The van der Waals surface area contributed by atoms with Crippen molar-refractivity contribution >= 4 is 17.1 Å². The maximum absolute atomic E-state index is 6.75. The zero-order valence-corrected chi connectivity index (χ0v) is 31.5. The molecule has 0 radical (unpaired) electrons. The minimum absolute atomic E-state index is 0. The topological polar surface area (TPSA) is 43.2 Å². The second-order valence-corrected chi connectivity index (χ2v) is 13.0. The van der Waals surface area contributed by atoms with Crippen molar-refractivity contribution in [3.05, 3.63) is 216 Å². The van der Waals surface area contributed by atoms with E-state index in [1.54, 1.807) is 6.20 Å². The van der Waals surface area contributed by atoms with Crippen LogP contribution in [0.5, 0.6) is 11.5 Å². The summed E-state index contributed by atoms with van der Waals surface area (Å²) in [5.41, 5.74) is 11.9.